The van der Waals surface area contributed by atoms with Crippen LogP contribution in [-0.4, -0.2) is 41.8 Å². The van der Waals surface area contributed by atoms with Crippen LogP contribution in [0.2, 0.25) is 0 Å². The van der Waals surface area contributed by atoms with Gasteiger partial charge in [-0.2, -0.15) is 0 Å². The summed E-state index contributed by atoms with van der Waals surface area (Å²) in [5, 5.41) is 6.01. The quantitative estimate of drug-likeness (QED) is 0.743. The van der Waals surface area contributed by atoms with Crippen LogP contribution in [-0.2, 0) is 11.3 Å². The van der Waals surface area contributed by atoms with E-state index in [9.17, 15) is 4.79 Å². The fraction of sp³-hybridized carbons (Fsp3) is 0.714. The van der Waals surface area contributed by atoms with Gasteiger partial charge in [0.1, 0.15) is 5.69 Å². The molecule has 1 amide bonds. The van der Waals surface area contributed by atoms with E-state index in [-0.39, 0.29) is 5.91 Å². The van der Waals surface area contributed by atoms with E-state index >= 15 is 0 Å². The van der Waals surface area contributed by atoms with Gasteiger partial charge in [0.2, 0.25) is 5.95 Å². The van der Waals surface area contributed by atoms with Crippen LogP contribution in [0.1, 0.15) is 37.2 Å². The van der Waals surface area contributed by atoms with Crippen molar-refractivity contribution in [3.8, 4) is 0 Å². The van der Waals surface area contributed by atoms with Gasteiger partial charge in [-0.3, -0.25) is 4.79 Å². The third-order valence-electron chi connectivity index (χ3n) is 3.24. The van der Waals surface area contributed by atoms with Gasteiger partial charge in [0.05, 0.1) is 6.61 Å². The van der Waals surface area contributed by atoms with Crippen LogP contribution in [0.4, 0.5) is 5.95 Å². The molecule has 6 heteroatoms. The van der Waals surface area contributed by atoms with E-state index in [1.165, 1.54) is 0 Å². The number of aryl methyl sites for hydroxylation is 1. The molecular weight excluding hydrogens is 256 g/mol. The summed E-state index contributed by atoms with van der Waals surface area (Å²) in [5.41, 5.74) is 0.469. The Balaban J connectivity index is 1.68. The van der Waals surface area contributed by atoms with Gasteiger partial charge in [-0.15, -0.1) is 0 Å². The van der Waals surface area contributed by atoms with Crippen molar-refractivity contribution in [2.45, 2.75) is 33.2 Å². The molecule has 1 aromatic heterocycles. The summed E-state index contributed by atoms with van der Waals surface area (Å²) >= 11 is 0. The Morgan fingerprint density at radius 3 is 3.15 bits per heavy atom. The third-order valence-corrected chi connectivity index (χ3v) is 3.24. The van der Waals surface area contributed by atoms with E-state index in [0.717, 1.165) is 38.5 Å². The molecule has 2 N–H and O–H groups in total. The van der Waals surface area contributed by atoms with Crippen molar-refractivity contribution in [1.82, 2.24) is 14.9 Å². The van der Waals surface area contributed by atoms with Crippen LogP contribution in [0.15, 0.2) is 6.20 Å². The number of carbonyl (C=O) groups is 1. The number of ether oxygens (including phenoxy) is 1. The fourth-order valence-electron chi connectivity index (χ4n) is 2.03. The predicted octanol–water partition coefficient (Wildman–Crippen LogP) is 1.49. The number of anilines is 1. The van der Waals surface area contributed by atoms with Crippen molar-refractivity contribution in [2.24, 2.45) is 5.92 Å². The van der Waals surface area contributed by atoms with Gasteiger partial charge >= 0.3 is 0 Å². The number of aromatic nitrogens is 2. The van der Waals surface area contributed by atoms with Crippen molar-refractivity contribution < 1.29 is 9.53 Å². The van der Waals surface area contributed by atoms with Crippen molar-refractivity contribution in [2.75, 3.05) is 31.6 Å². The first kappa shape index (κ1) is 14.8. The summed E-state index contributed by atoms with van der Waals surface area (Å²) < 4.78 is 7.44. The van der Waals surface area contributed by atoms with E-state index in [1.807, 2.05) is 4.57 Å². The van der Waals surface area contributed by atoms with Gasteiger partial charge < -0.3 is 19.9 Å². The molecule has 0 spiro atoms. The SMILES string of the molecule is CC(C)CCOCCNC(=O)c1cn2c(n1)NCCC2. The lowest BCUT2D eigenvalue weighted by atomic mass is 10.1. The molecule has 0 aromatic carbocycles. The predicted molar refractivity (Wildman–Crippen MR) is 77.9 cm³/mol. The number of hydrogen-bond acceptors (Lipinski definition) is 4. The van der Waals surface area contributed by atoms with Crippen LogP contribution >= 0.6 is 0 Å². The van der Waals surface area contributed by atoms with Crippen LogP contribution in [0.25, 0.3) is 0 Å². The van der Waals surface area contributed by atoms with Gasteiger partial charge in [0, 0.05) is 32.4 Å². The zero-order valence-corrected chi connectivity index (χ0v) is 12.3. The number of carbonyl (C=O) groups excluding carboxylic acids is 1. The lowest BCUT2D eigenvalue weighted by Crippen LogP contribution is -2.27. The number of amides is 1. The van der Waals surface area contributed by atoms with Crippen LogP contribution < -0.4 is 10.6 Å². The number of nitrogens with zero attached hydrogens (tertiary/aromatic N) is 2. The first-order valence-corrected chi connectivity index (χ1v) is 7.34. The highest BCUT2D eigenvalue weighted by atomic mass is 16.5. The van der Waals surface area contributed by atoms with Gasteiger partial charge in [-0.05, 0) is 18.8 Å². The summed E-state index contributed by atoms with van der Waals surface area (Å²) in [6.45, 7) is 7.98. The summed E-state index contributed by atoms with van der Waals surface area (Å²) in [6.07, 6.45) is 3.91. The van der Waals surface area contributed by atoms with E-state index in [4.69, 9.17) is 4.74 Å². The Kier molecular flexibility index (Phi) is 5.40. The molecule has 0 bridgehead atoms. The van der Waals surface area contributed by atoms with Crippen molar-refractivity contribution in [3.63, 3.8) is 0 Å². The molecule has 0 unspecified atom stereocenters. The molecule has 20 heavy (non-hydrogen) atoms. The molecule has 6 nitrogen and oxygen atoms in total. The third kappa shape index (κ3) is 4.23. The first-order chi connectivity index (χ1) is 9.66. The maximum atomic E-state index is 11.9. The Morgan fingerprint density at radius 2 is 2.40 bits per heavy atom. The smallest absolute Gasteiger partial charge is 0.271 e. The second kappa shape index (κ2) is 7.28. The zero-order valence-electron chi connectivity index (χ0n) is 12.3. The molecule has 0 aliphatic carbocycles. The standard InChI is InChI=1S/C14H24N4O2/c1-11(2)4-8-20-9-6-15-13(19)12-10-18-7-3-5-16-14(18)17-12/h10-11H,3-9H2,1-2H3,(H,15,19)(H,16,17). The molecule has 0 saturated carbocycles. The second-order valence-electron chi connectivity index (χ2n) is 5.47. The number of rotatable bonds is 7. The first-order valence-electron chi connectivity index (χ1n) is 7.34. The van der Waals surface area contributed by atoms with Crippen molar-refractivity contribution in [3.05, 3.63) is 11.9 Å². The summed E-state index contributed by atoms with van der Waals surface area (Å²) in [5.74, 6) is 1.30. The highest BCUT2D eigenvalue weighted by Crippen LogP contribution is 2.13. The normalized spacial score (nSPS) is 13.9. The average Bonchev–Trinajstić information content (AvgIpc) is 2.86. The summed E-state index contributed by atoms with van der Waals surface area (Å²) in [7, 11) is 0. The van der Waals surface area contributed by atoms with E-state index < -0.39 is 0 Å². The molecule has 2 heterocycles. The van der Waals surface area contributed by atoms with E-state index in [2.05, 4.69) is 29.5 Å². The molecule has 0 radical (unpaired) electrons. The maximum absolute atomic E-state index is 11.9. The fourth-order valence-corrected chi connectivity index (χ4v) is 2.03. The minimum absolute atomic E-state index is 0.138. The number of hydrogen-bond donors (Lipinski definition) is 2. The second-order valence-corrected chi connectivity index (χ2v) is 5.47. The van der Waals surface area contributed by atoms with Crippen LogP contribution in [0, 0.1) is 5.92 Å². The molecule has 0 fully saturated rings. The van der Waals surface area contributed by atoms with Crippen LogP contribution in [0.5, 0.6) is 0 Å². The summed E-state index contributed by atoms with van der Waals surface area (Å²) in [6, 6.07) is 0. The highest BCUT2D eigenvalue weighted by Gasteiger charge is 2.15. The minimum atomic E-state index is -0.138. The van der Waals surface area contributed by atoms with Gasteiger partial charge in [0.25, 0.3) is 5.91 Å². The van der Waals surface area contributed by atoms with Crippen molar-refractivity contribution >= 4 is 11.9 Å². The minimum Gasteiger partial charge on any atom is -0.380 e. The van der Waals surface area contributed by atoms with Gasteiger partial charge in [0.15, 0.2) is 0 Å². The topological polar surface area (TPSA) is 68.2 Å². The molecule has 112 valence electrons. The van der Waals surface area contributed by atoms with Gasteiger partial charge in [-0.1, -0.05) is 13.8 Å². The number of imidazole rings is 1. The molecule has 1 aromatic rings. The Hall–Kier alpha value is -1.56. The van der Waals surface area contributed by atoms with Gasteiger partial charge in [-0.25, -0.2) is 4.98 Å². The molecule has 0 saturated heterocycles. The molecule has 1 aliphatic rings. The zero-order chi connectivity index (χ0) is 14.4. The van der Waals surface area contributed by atoms with Crippen LogP contribution in [0.3, 0.4) is 0 Å². The largest absolute Gasteiger partial charge is 0.380 e. The number of fused-ring (bicyclic) bond motifs is 1. The molecule has 1 aliphatic heterocycles. The lowest BCUT2D eigenvalue weighted by molar-refractivity contribution is 0.0901. The Bertz CT molecular complexity index is 419. The summed E-state index contributed by atoms with van der Waals surface area (Å²) in [4.78, 5) is 16.2. The van der Waals surface area contributed by atoms with E-state index in [1.54, 1.807) is 6.20 Å². The van der Waals surface area contributed by atoms with E-state index in [0.29, 0.717) is 24.8 Å². The Labute approximate surface area is 119 Å². The lowest BCUT2D eigenvalue weighted by Gasteiger charge is -2.14. The Morgan fingerprint density at radius 1 is 1.55 bits per heavy atom. The maximum Gasteiger partial charge on any atom is 0.271 e. The highest BCUT2D eigenvalue weighted by molar-refractivity contribution is 5.92. The monoisotopic (exact) mass is 280 g/mol. The number of nitrogens with one attached hydrogen (secondary N) is 2. The van der Waals surface area contributed by atoms with Crippen molar-refractivity contribution in [1.29, 1.82) is 0 Å². The molecule has 2 rings (SSSR count). The molecular formula is C14H24N4O2. The molecule has 0 atom stereocenters. The average molecular weight is 280 g/mol.